The largest absolute Gasteiger partial charge is 0.495 e. The van der Waals surface area contributed by atoms with Crippen LogP contribution in [0.3, 0.4) is 0 Å². The van der Waals surface area contributed by atoms with Crippen molar-refractivity contribution in [2.75, 3.05) is 12.4 Å². The van der Waals surface area contributed by atoms with Gasteiger partial charge < -0.3 is 10.1 Å². The van der Waals surface area contributed by atoms with Crippen LogP contribution >= 0.6 is 0 Å². The van der Waals surface area contributed by atoms with Crippen LogP contribution in [0.2, 0.25) is 0 Å². The van der Waals surface area contributed by atoms with E-state index in [2.05, 4.69) is 55.6 Å². The molecule has 2 aromatic carbocycles. The second kappa shape index (κ2) is 5.58. The quantitative estimate of drug-likeness (QED) is 0.875. The van der Waals surface area contributed by atoms with Gasteiger partial charge in [-0.25, -0.2) is 0 Å². The molecule has 2 heteroatoms. The molecule has 0 spiro atoms. The minimum atomic E-state index is 0.807. The van der Waals surface area contributed by atoms with Gasteiger partial charge in [0, 0.05) is 6.54 Å². The van der Waals surface area contributed by atoms with Gasteiger partial charge in [0.15, 0.2) is 0 Å². The normalized spacial score (nSPS) is 10.2. The number of anilines is 1. The average molecular weight is 241 g/mol. The van der Waals surface area contributed by atoms with Crippen LogP contribution in [0.1, 0.15) is 16.7 Å². The maximum Gasteiger partial charge on any atom is 0.142 e. The van der Waals surface area contributed by atoms with Gasteiger partial charge in [-0.3, -0.25) is 0 Å². The first-order valence-electron chi connectivity index (χ1n) is 6.13. The number of hydrogen-bond donors (Lipinski definition) is 1. The highest BCUT2D eigenvalue weighted by molar-refractivity contribution is 5.57. The van der Waals surface area contributed by atoms with Gasteiger partial charge in [-0.15, -0.1) is 0 Å². The molecule has 0 fully saturated rings. The van der Waals surface area contributed by atoms with E-state index < -0.39 is 0 Å². The molecule has 0 atom stereocenters. The molecule has 0 aliphatic heterocycles. The average Bonchev–Trinajstić information content (AvgIpc) is 2.37. The number of benzene rings is 2. The number of hydrogen-bond acceptors (Lipinski definition) is 2. The van der Waals surface area contributed by atoms with Gasteiger partial charge in [-0.05, 0) is 37.1 Å². The first-order valence-corrected chi connectivity index (χ1v) is 6.13. The first-order chi connectivity index (χ1) is 8.69. The van der Waals surface area contributed by atoms with Gasteiger partial charge >= 0.3 is 0 Å². The van der Waals surface area contributed by atoms with Crippen LogP contribution < -0.4 is 10.1 Å². The molecule has 0 radical (unpaired) electrons. The lowest BCUT2D eigenvalue weighted by Crippen LogP contribution is -2.01. The van der Waals surface area contributed by atoms with E-state index in [-0.39, 0.29) is 0 Å². The van der Waals surface area contributed by atoms with Crippen LogP contribution in [0.5, 0.6) is 5.75 Å². The maximum atomic E-state index is 5.38. The van der Waals surface area contributed by atoms with Crippen molar-refractivity contribution in [2.45, 2.75) is 20.4 Å². The van der Waals surface area contributed by atoms with E-state index >= 15 is 0 Å². The van der Waals surface area contributed by atoms with E-state index in [4.69, 9.17) is 4.74 Å². The maximum absolute atomic E-state index is 5.38. The number of methoxy groups -OCH3 is 1. The third-order valence-electron chi connectivity index (χ3n) is 2.92. The number of aryl methyl sites for hydroxylation is 2. The van der Waals surface area contributed by atoms with Crippen molar-refractivity contribution in [3.05, 3.63) is 59.2 Å². The highest BCUT2D eigenvalue weighted by Gasteiger charge is 2.02. The summed E-state index contributed by atoms with van der Waals surface area (Å²) in [4.78, 5) is 0. The summed E-state index contributed by atoms with van der Waals surface area (Å²) in [6, 6.07) is 14.7. The van der Waals surface area contributed by atoms with Crippen molar-refractivity contribution in [1.82, 2.24) is 0 Å². The fraction of sp³-hybridized carbons (Fsp3) is 0.250. The van der Waals surface area contributed by atoms with Gasteiger partial charge in [0.25, 0.3) is 0 Å². The molecule has 0 saturated heterocycles. The van der Waals surface area contributed by atoms with Crippen molar-refractivity contribution in [2.24, 2.45) is 0 Å². The molecule has 2 aromatic rings. The summed E-state index contributed by atoms with van der Waals surface area (Å²) < 4.78 is 5.38. The number of ether oxygens (including phenoxy) is 1. The van der Waals surface area contributed by atoms with E-state index in [1.807, 2.05) is 6.07 Å². The lowest BCUT2D eigenvalue weighted by atomic mass is 10.1. The lowest BCUT2D eigenvalue weighted by molar-refractivity contribution is 0.416. The summed E-state index contributed by atoms with van der Waals surface area (Å²) in [5.74, 6) is 0.891. The summed E-state index contributed by atoms with van der Waals surface area (Å²) in [6.45, 7) is 4.98. The fourth-order valence-corrected chi connectivity index (χ4v) is 1.96. The van der Waals surface area contributed by atoms with Gasteiger partial charge in [0.1, 0.15) is 5.75 Å². The predicted molar refractivity (Wildman–Crippen MR) is 76.2 cm³/mol. The molecule has 1 N–H and O–H groups in total. The molecule has 0 aliphatic carbocycles. The molecule has 2 nitrogen and oxygen atoms in total. The second-order valence-corrected chi connectivity index (χ2v) is 4.55. The van der Waals surface area contributed by atoms with Gasteiger partial charge in [-0.1, -0.05) is 35.9 Å². The molecule has 0 heterocycles. The van der Waals surface area contributed by atoms with E-state index in [1.165, 1.54) is 16.7 Å². The van der Waals surface area contributed by atoms with Crippen LogP contribution in [0.25, 0.3) is 0 Å². The molecular weight excluding hydrogens is 222 g/mol. The Kier molecular flexibility index (Phi) is 3.88. The zero-order valence-corrected chi connectivity index (χ0v) is 11.2. The Balaban J connectivity index is 2.10. The van der Waals surface area contributed by atoms with Crippen molar-refractivity contribution < 1.29 is 4.74 Å². The van der Waals surface area contributed by atoms with E-state index in [0.717, 1.165) is 18.0 Å². The van der Waals surface area contributed by atoms with E-state index in [1.54, 1.807) is 7.11 Å². The molecule has 0 aromatic heterocycles. The van der Waals surface area contributed by atoms with Crippen LogP contribution in [0, 0.1) is 13.8 Å². The number of nitrogens with one attached hydrogen (secondary N) is 1. The van der Waals surface area contributed by atoms with E-state index in [9.17, 15) is 0 Å². The Labute approximate surface area is 109 Å². The lowest BCUT2D eigenvalue weighted by Gasteiger charge is -2.12. The highest BCUT2D eigenvalue weighted by Crippen LogP contribution is 2.25. The molecule has 0 aliphatic rings. The Bertz CT molecular complexity index is 534. The minimum Gasteiger partial charge on any atom is -0.495 e. The molecule has 18 heavy (non-hydrogen) atoms. The summed E-state index contributed by atoms with van der Waals surface area (Å²) in [5, 5.41) is 3.41. The standard InChI is InChI=1S/C16H19NO/c1-12-5-4-6-14(9-12)11-17-15-8-7-13(2)10-16(15)18-3/h4-10,17H,11H2,1-3H3. The van der Waals surface area contributed by atoms with Gasteiger partial charge in [0.2, 0.25) is 0 Å². The first kappa shape index (κ1) is 12.5. The molecule has 0 bridgehead atoms. The molecule has 0 amide bonds. The smallest absolute Gasteiger partial charge is 0.142 e. The molecule has 0 unspecified atom stereocenters. The Morgan fingerprint density at radius 3 is 2.50 bits per heavy atom. The van der Waals surface area contributed by atoms with Crippen LogP contribution in [0.15, 0.2) is 42.5 Å². The van der Waals surface area contributed by atoms with Gasteiger partial charge in [-0.2, -0.15) is 0 Å². The van der Waals surface area contributed by atoms with Crippen LogP contribution in [-0.4, -0.2) is 7.11 Å². The topological polar surface area (TPSA) is 21.3 Å². The molecule has 94 valence electrons. The van der Waals surface area contributed by atoms with Gasteiger partial charge in [0.05, 0.1) is 12.8 Å². The Hall–Kier alpha value is -1.96. The monoisotopic (exact) mass is 241 g/mol. The van der Waals surface area contributed by atoms with E-state index in [0.29, 0.717) is 0 Å². The predicted octanol–water partition coefficient (Wildman–Crippen LogP) is 3.92. The zero-order valence-electron chi connectivity index (χ0n) is 11.2. The SMILES string of the molecule is COc1cc(C)ccc1NCc1cccc(C)c1. The zero-order chi connectivity index (χ0) is 13.0. The summed E-state index contributed by atoms with van der Waals surface area (Å²) in [7, 11) is 1.70. The summed E-state index contributed by atoms with van der Waals surface area (Å²) in [5.41, 5.74) is 4.79. The summed E-state index contributed by atoms with van der Waals surface area (Å²) in [6.07, 6.45) is 0. The van der Waals surface area contributed by atoms with Crippen molar-refractivity contribution in [1.29, 1.82) is 0 Å². The number of rotatable bonds is 4. The second-order valence-electron chi connectivity index (χ2n) is 4.55. The third-order valence-corrected chi connectivity index (χ3v) is 2.92. The summed E-state index contributed by atoms with van der Waals surface area (Å²) >= 11 is 0. The Morgan fingerprint density at radius 2 is 1.78 bits per heavy atom. The molecule has 0 saturated carbocycles. The van der Waals surface area contributed by atoms with Crippen molar-refractivity contribution in [3.8, 4) is 5.75 Å². The van der Waals surface area contributed by atoms with Crippen molar-refractivity contribution >= 4 is 5.69 Å². The Morgan fingerprint density at radius 1 is 1.00 bits per heavy atom. The third kappa shape index (κ3) is 3.04. The highest BCUT2D eigenvalue weighted by atomic mass is 16.5. The molecule has 2 rings (SSSR count). The van der Waals surface area contributed by atoms with Crippen LogP contribution in [0.4, 0.5) is 5.69 Å². The fourth-order valence-electron chi connectivity index (χ4n) is 1.96. The molecular formula is C16H19NO. The van der Waals surface area contributed by atoms with Crippen molar-refractivity contribution in [3.63, 3.8) is 0 Å². The minimum absolute atomic E-state index is 0.807. The van der Waals surface area contributed by atoms with Crippen LogP contribution in [-0.2, 0) is 6.54 Å².